The van der Waals surface area contributed by atoms with Crippen molar-refractivity contribution >= 4 is 17.2 Å². The fourth-order valence-electron chi connectivity index (χ4n) is 1.71. The highest BCUT2D eigenvalue weighted by Crippen LogP contribution is 2.22. The van der Waals surface area contributed by atoms with Crippen LogP contribution >= 0.6 is 11.3 Å². The van der Waals surface area contributed by atoms with Crippen LogP contribution in [-0.4, -0.2) is 17.6 Å². The van der Waals surface area contributed by atoms with Gasteiger partial charge in [0.15, 0.2) is 0 Å². The molecule has 0 aliphatic rings. The third kappa shape index (κ3) is 4.31. The quantitative estimate of drug-likeness (QED) is 0.234. The molecule has 0 aromatic carbocycles. The van der Waals surface area contributed by atoms with Crippen molar-refractivity contribution in [3.05, 3.63) is 21.9 Å². The Morgan fingerprint density at radius 1 is 1.50 bits per heavy atom. The van der Waals surface area contributed by atoms with Gasteiger partial charge in [-0.25, -0.2) is 0 Å². The number of thiophene rings is 1. The molecule has 0 radical (unpaired) electrons. The molecule has 0 bridgehead atoms. The summed E-state index contributed by atoms with van der Waals surface area (Å²) in [5.41, 5.74) is 8.12. The minimum atomic E-state index is -0.241. The lowest BCUT2D eigenvalue weighted by Gasteiger charge is -2.22. The summed E-state index contributed by atoms with van der Waals surface area (Å²) in [5, 5.41) is 19.5. The number of nitrogens with two attached hydrogens (primary N) is 1. The smallest absolute Gasteiger partial charge is 0.144 e. The van der Waals surface area contributed by atoms with Crippen molar-refractivity contribution in [2.75, 3.05) is 6.54 Å². The van der Waals surface area contributed by atoms with Gasteiger partial charge >= 0.3 is 0 Å². The Bertz CT molecular complexity index is 399. The highest BCUT2D eigenvalue weighted by atomic mass is 32.1. The van der Waals surface area contributed by atoms with Crippen molar-refractivity contribution in [1.29, 1.82) is 0 Å². The summed E-state index contributed by atoms with van der Waals surface area (Å²) in [5.74, 6) is 0.302. The second-order valence-corrected chi connectivity index (χ2v) is 5.97. The summed E-state index contributed by atoms with van der Waals surface area (Å²) in [7, 11) is 0. The normalized spacial score (nSPS) is 12.9. The van der Waals surface area contributed by atoms with Gasteiger partial charge < -0.3 is 16.3 Å². The number of amidine groups is 1. The van der Waals surface area contributed by atoms with Crippen LogP contribution in [0.25, 0.3) is 0 Å². The van der Waals surface area contributed by atoms with E-state index in [0.29, 0.717) is 5.84 Å². The van der Waals surface area contributed by atoms with Crippen molar-refractivity contribution in [2.24, 2.45) is 16.3 Å². The fraction of sp³-hybridized carbons (Fsp3) is 0.615. The van der Waals surface area contributed by atoms with Gasteiger partial charge in [0.25, 0.3) is 0 Å². The molecule has 1 aromatic heterocycles. The van der Waals surface area contributed by atoms with Crippen LogP contribution in [-0.2, 0) is 6.54 Å². The lowest BCUT2D eigenvalue weighted by atomic mass is 9.86. The first kappa shape index (κ1) is 15.0. The summed E-state index contributed by atoms with van der Waals surface area (Å²) < 4.78 is 0. The van der Waals surface area contributed by atoms with E-state index in [-0.39, 0.29) is 5.41 Å². The van der Waals surface area contributed by atoms with Gasteiger partial charge in [0, 0.05) is 12.0 Å². The van der Waals surface area contributed by atoms with Gasteiger partial charge in [0.2, 0.25) is 0 Å². The van der Waals surface area contributed by atoms with Crippen molar-refractivity contribution < 1.29 is 5.21 Å². The molecule has 18 heavy (non-hydrogen) atoms. The number of oxime groups is 1. The molecule has 102 valence electrons. The Balaban J connectivity index is 2.22. The number of nitrogens with zero attached hydrogens (tertiary/aromatic N) is 1. The van der Waals surface area contributed by atoms with E-state index >= 15 is 0 Å². The standard InChI is InChI=1S/C13H23N3OS/c1-10-8-18-9-11(10)7-15-6-4-5-13(2,3)12(14)16-17/h8-9,15,17H,4-7H2,1-3H3,(H2,14,16). The first-order valence-corrected chi connectivity index (χ1v) is 7.12. The molecule has 1 heterocycles. The van der Waals surface area contributed by atoms with Gasteiger partial charge in [0.1, 0.15) is 5.84 Å². The molecule has 0 saturated carbocycles. The molecule has 0 unspecified atom stereocenters. The maximum atomic E-state index is 8.68. The largest absolute Gasteiger partial charge is 0.409 e. The summed E-state index contributed by atoms with van der Waals surface area (Å²) in [4.78, 5) is 0. The Hall–Kier alpha value is -1.07. The number of nitrogens with one attached hydrogen (secondary N) is 1. The Morgan fingerprint density at radius 2 is 2.22 bits per heavy atom. The second kappa shape index (κ2) is 6.75. The topological polar surface area (TPSA) is 70.6 Å². The van der Waals surface area contributed by atoms with E-state index in [1.807, 2.05) is 13.8 Å². The molecule has 0 fully saturated rings. The molecule has 4 N–H and O–H groups in total. The third-order valence-electron chi connectivity index (χ3n) is 3.23. The van der Waals surface area contributed by atoms with Gasteiger partial charge in [0.05, 0.1) is 0 Å². The van der Waals surface area contributed by atoms with E-state index in [1.54, 1.807) is 11.3 Å². The molecule has 0 aliphatic heterocycles. The van der Waals surface area contributed by atoms with Crippen LogP contribution in [0.2, 0.25) is 0 Å². The molecule has 5 heteroatoms. The van der Waals surface area contributed by atoms with Crippen LogP contribution in [0.4, 0.5) is 0 Å². The highest BCUT2D eigenvalue weighted by molar-refractivity contribution is 7.08. The van der Waals surface area contributed by atoms with E-state index in [2.05, 4.69) is 28.2 Å². The van der Waals surface area contributed by atoms with Gasteiger partial charge in [-0.1, -0.05) is 19.0 Å². The molecule has 0 aliphatic carbocycles. The average Bonchev–Trinajstić information content (AvgIpc) is 2.73. The molecular weight excluding hydrogens is 246 g/mol. The third-order valence-corrected chi connectivity index (χ3v) is 4.14. The summed E-state index contributed by atoms with van der Waals surface area (Å²) in [6.07, 6.45) is 1.91. The van der Waals surface area contributed by atoms with Crippen LogP contribution in [0.15, 0.2) is 15.9 Å². The number of hydrogen-bond donors (Lipinski definition) is 3. The van der Waals surface area contributed by atoms with E-state index < -0.39 is 0 Å². The van der Waals surface area contributed by atoms with Crippen molar-refractivity contribution in [3.8, 4) is 0 Å². The Kier molecular flexibility index (Phi) is 5.62. The predicted octanol–water partition coefficient (Wildman–Crippen LogP) is 2.70. The number of hydrogen-bond acceptors (Lipinski definition) is 4. The minimum absolute atomic E-state index is 0.241. The zero-order valence-corrected chi connectivity index (χ0v) is 12.2. The Morgan fingerprint density at radius 3 is 2.78 bits per heavy atom. The fourth-order valence-corrected chi connectivity index (χ4v) is 2.57. The van der Waals surface area contributed by atoms with E-state index in [1.165, 1.54) is 11.1 Å². The van der Waals surface area contributed by atoms with E-state index in [4.69, 9.17) is 10.9 Å². The predicted molar refractivity (Wildman–Crippen MR) is 77.2 cm³/mol. The first-order valence-electron chi connectivity index (χ1n) is 6.18. The molecule has 0 amide bonds. The molecule has 0 saturated heterocycles. The van der Waals surface area contributed by atoms with E-state index in [0.717, 1.165) is 25.9 Å². The molecule has 0 atom stereocenters. The van der Waals surface area contributed by atoms with Crippen LogP contribution in [0, 0.1) is 12.3 Å². The lowest BCUT2D eigenvalue weighted by molar-refractivity contribution is 0.304. The molecular formula is C13H23N3OS. The van der Waals surface area contributed by atoms with E-state index in [9.17, 15) is 0 Å². The summed E-state index contributed by atoms with van der Waals surface area (Å²) >= 11 is 1.74. The second-order valence-electron chi connectivity index (χ2n) is 5.23. The van der Waals surface area contributed by atoms with Crippen molar-refractivity contribution in [3.63, 3.8) is 0 Å². The summed E-state index contributed by atoms with van der Waals surface area (Å²) in [6, 6.07) is 0. The maximum absolute atomic E-state index is 8.68. The molecule has 4 nitrogen and oxygen atoms in total. The zero-order valence-electron chi connectivity index (χ0n) is 11.4. The molecule has 1 rings (SSSR count). The molecule has 0 spiro atoms. The van der Waals surface area contributed by atoms with Gasteiger partial charge in [-0.05, 0) is 48.2 Å². The van der Waals surface area contributed by atoms with Crippen molar-refractivity contribution in [1.82, 2.24) is 5.32 Å². The Labute approximate surface area is 113 Å². The summed E-state index contributed by atoms with van der Waals surface area (Å²) in [6.45, 7) is 7.97. The van der Waals surface area contributed by atoms with Crippen molar-refractivity contribution in [2.45, 2.75) is 40.2 Å². The number of aryl methyl sites for hydroxylation is 1. The minimum Gasteiger partial charge on any atom is -0.409 e. The van der Waals surface area contributed by atoms with Gasteiger partial charge in [-0.3, -0.25) is 0 Å². The molecule has 1 aromatic rings. The van der Waals surface area contributed by atoms with Crippen LogP contribution in [0.1, 0.15) is 37.8 Å². The zero-order chi connectivity index (χ0) is 13.6. The SMILES string of the molecule is Cc1cscc1CNCCCC(C)(C)C(N)=NO. The van der Waals surface area contributed by atoms with Gasteiger partial charge in [-0.2, -0.15) is 11.3 Å². The maximum Gasteiger partial charge on any atom is 0.144 e. The number of rotatable bonds is 7. The van der Waals surface area contributed by atoms with Crippen LogP contribution in [0.3, 0.4) is 0 Å². The average molecular weight is 269 g/mol. The lowest BCUT2D eigenvalue weighted by Crippen LogP contribution is -2.32. The van der Waals surface area contributed by atoms with Crippen LogP contribution < -0.4 is 11.1 Å². The van der Waals surface area contributed by atoms with Crippen LogP contribution in [0.5, 0.6) is 0 Å². The van der Waals surface area contributed by atoms with Gasteiger partial charge in [-0.15, -0.1) is 0 Å². The highest BCUT2D eigenvalue weighted by Gasteiger charge is 2.22. The monoisotopic (exact) mass is 269 g/mol. The first-order chi connectivity index (χ1) is 8.47.